The third kappa shape index (κ3) is 6.58. The number of amides is 2. The predicted molar refractivity (Wildman–Crippen MR) is 114 cm³/mol. The van der Waals surface area contributed by atoms with Gasteiger partial charge in [0.15, 0.2) is 5.54 Å². The van der Waals surface area contributed by atoms with E-state index in [0.717, 1.165) is 10.6 Å². The molecule has 9 nitrogen and oxygen atoms in total. The number of nitrogens with zero attached hydrogens (tertiary/aromatic N) is 2. The number of ether oxygens (including phenoxy) is 3. The van der Waals surface area contributed by atoms with Gasteiger partial charge < -0.3 is 14.2 Å². The van der Waals surface area contributed by atoms with Crippen LogP contribution in [-0.2, 0) is 25.5 Å². The highest BCUT2D eigenvalue weighted by atomic mass is 16.6. The Labute approximate surface area is 183 Å². The average Bonchev–Trinajstić information content (AvgIpc) is 2.60. The molecule has 1 heterocycles. The van der Waals surface area contributed by atoms with Gasteiger partial charge in [-0.2, -0.15) is 5.01 Å². The number of likely N-dealkylation sites (tertiary alicyclic amines) is 1. The second-order valence-corrected chi connectivity index (χ2v) is 9.58. The lowest BCUT2D eigenvalue weighted by atomic mass is 9.88. The van der Waals surface area contributed by atoms with Crippen molar-refractivity contribution in [3.63, 3.8) is 0 Å². The second-order valence-electron chi connectivity index (χ2n) is 9.58. The topological polar surface area (TPSA) is 97.4 Å². The highest BCUT2D eigenvalue weighted by Gasteiger charge is 2.58. The van der Waals surface area contributed by atoms with Crippen LogP contribution in [0.3, 0.4) is 0 Å². The van der Waals surface area contributed by atoms with E-state index in [1.54, 1.807) is 41.5 Å². The minimum absolute atomic E-state index is 0.156. The molecular formula is C22H33N3O6. The van der Waals surface area contributed by atoms with Gasteiger partial charge in [-0.15, -0.1) is 0 Å². The number of carbonyl (C=O) groups is 3. The molecular weight excluding hydrogens is 402 g/mol. The van der Waals surface area contributed by atoms with Gasteiger partial charge in [0.1, 0.15) is 11.2 Å². The molecule has 1 fully saturated rings. The fraction of sp³-hybridized carbons (Fsp3) is 0.591. The zero-order chi connectivity index (χ0) is 23.4. The summed E-state index contributed by atoms with van der Waals surface area (Å²) in [5.74, 6) is -0.654. The van der Waals surface area contributed by atoms with Gasteiger partial charge in [-0.3, -0.25) is 4.90 Å². The molecule has 1 aromatic rings. The largest absolute Gasteiger partial charge is 0.467 e. The van der Waals surface area contributed by atoms with Crippen LogP contribution in [0.2, 0.25) is 0 Å². The summed E-state index contributed by atoms with van der Waals surface area (Å²) in [5.41, 5.74) is 0.399. The predicted octanol–water partition coefficient (Wildman–Crippen LogP) is 3.09. The second kappa shape index (κ2) is 9.13. The van der Waals surface area contributed by atoms with Gasteiger partial charge in [0.25, 0.3) is 0 Å². The van der Waals surface area contributed by atoms with E-state index in [9.17, 15) is 14.4 Å². The van der Waals surface area contributed by atoms with Crippen molar-refractivity contribution in [3.05, 3.63) is 35.9 Å². The number of nitrogens with one attached hydrogen (secondary N) is 1. The van der Waals surface area contributed by atoms with E-state index in [0.29, 0.717) is 6.54 Å². The molecule has 9 heteroatoms. The summed E-state index contributed by atoms with van der Waals surface area (Å²) in [4.78, 5) is 40.2. The van der Waals surface area contributed by atoms with Crippen LogP contribution >= 0.6 is 0 Å². The van der Waals surface area contributed by atoms with Crippen LogP contribution < -0.4 is 5.43 Å². The SMILES string of the molecule is COC(=O)C1(N(NC(=O)OC(C)(C)C)C(=O)OC(C)(C)C)CN(Cc2ccccc2)C1. The van der Waals surface area contributed by atoms with Gasteiger partial charge in [-0.25, -0.2) is 19.8 Å². The van der Waals surface area contributed by atoms with Crippen LogP contribution in [0.1, 0.15) is 47.1 Å². The Balaban J connectivity index is 2.28. The van der Waals surface area contributed by atoms with Gasteiger partial charge in [0, 0.05) is 19.6 Å². The summed E-state index contributed by atoms with van der Waals surface area (Å²) in [6.45, 7) is 11.1. The summed E-state index contributed by atoms with van der Waals surface area (Å²) in [5, 5.41) is 0.902. The first kappa shape index (κ1) is 24.5. The van der Waals surface area contributed by atoms with E-state index in [4.69, 9.17) is 14.2 Å². The lowest BCUT2D eigenvalue weighted by Crippen LogP contribution is -2.78. The van der Waals surface area contributed by atoms with E-state index in [-0.39, 0.29) is 13.1 Å². The molecule has 0 radical (unpaired) electrons. The zero-order valence-corrected chi connectivity index (χ0v) is 19.4. The molecule has 1 aliphatic heterocycles. The zero-order valence-electron chi connectivity index (χ0n) is 19.4. The molecule has 0 unspecified atom stereocenters. The van der Waals surface area contributed by atoms with E-state index in [1.165, 1.54) is 7.11 Å². The molecule has 1 aromatic carbocycles. The van der Waals surface area contributed by atoms with Crippen LogP contribution in [-0.4, -0.2) is 65.0 Å². The third-order valence-electron chi connectivity index (χ3n) is 4.39. The van der Waals surface area contributed by atoms with Crippen molar-refractivity contribution < 1.29 is 28.6 Å². The molecule has 1 N–H and O–H groups in total. The summed E-state index contributed by atoms with van der Waals surface area (Å²) >= 11 is 0. The molecule has 172 valence electrons. The Morgan fingerprint density at radius 1 is 1.00 bits per heavy atom. The maximum absolute atomic E-state index is 13.0. The van der Waals surface area contributed by atoms with Gasteiger partial charge in [0.05, 0.1) is 7.11 Å². The first-order valence-corrected chi connectivity index (χ1v) is 10.1. The van der Waals surface area contributed by atoms with Gasteiger partial charge in [-0.1, -0.05) is 30.3 Å². The monoisotopic (exact) mass is 435 g/mol. The highest BCUT2D eigenvalue weighted by molar-refractivity contribution is 5.88. The van der Waals surface area contributed by atoms with Crippen molar-refractivity contribution in [2.75, 3.05) is 20.2 Å². The molecule has 1 aliphatic rings. The minimum Gasteiger partial charge on any atom is -0.467 e. The number of rotatable bonds is 4. The number of hydrogen-bond donors (Lipinski definition) is 1. The van der Waals surface area contributed by atoms with E-state index >= 15 is 0 Å². The standard InChI is InChI=1S/C22H33N3O6/c1-20(2,3)30-18(27)23-25(19(28)31-21(4,5)6)22(17(26)29-7)14-24(15-22)13-16-11-9-8-10-12-16/h8-12H,13-15H2,1-7H3,(H,23,27). The van der Waals surface area contributed by atoms with Crippen LogP contribution in [0.4, 0.5) is 9.59 Å². The smallest absolute Gasteiger partial charge is 0.430 e. The van der Waals surface area contributed by atoms with E-state index in [1.807, 2.05) is 35.2 Å². The molecule has 2 rings (SSSR count). The number of carbonyl (C=O) groups excluding carboxylic acids is 3. The Kier molecular flexibility index (Phi) is 7.21. The van der Waals surface area contributed by atoms with Crippen LogP contribution in [0.15, 0.2) is 30.3 Å². The van der Waals surface area contributed by atoms with Crippen molar-refractivity contribution in [1.82, 2.24) is 15.3 Å². The first-order chi connectivity index (χ1) is 14.3. The summed E-state index contributed by atoms with van der Waals surface area (Å²) in [6.07, 6.45) is -1.74. The molecule has 2 amide bonds. The molecule has 0 aromatic heterocycles. The highest BCUT2D eigenvalue weighted by Crippen LogP contribution is 2.31. The lowest BCUT2D eigenvalue weighted by molar-refractivity contribution is -0.172. The summed E-state index contributed by atoms with van der Waals surface area (Å²) in [6, 6.07) is 9.73. The van der Waals surface area contributed by atoms with Crippen molar-refractivity contribution in [3.8, 4) is 0 Å². The lowest BCUT2D eigenvalue weighted by Gasteiger charge is -2.52. The molecule has 0 spiro atoms. The third-order valence-corrected chi connectivity index (χ3v) is 4.39. The number of hydrogen-bond acceptors (Lipinski definition) is 7. The van der Waals surface area contributed by atoms with Crippen molar-refractivity contribution >= 4 is 18.2 Å². The number of hydrazine groups is 1. The molecule has 0 bridgehead atoms. The van der Waals surface area contributed by atoms with Crippen LogP contribution in [0.5, 0.6) is 0 Å². The molecule has 31 heavy (non-hydrogen) atoms. The maximum atomic E-state index is 13.0. The van der Waals surface area contributed by atoms with Gasteiger partial charge >= 0.3 is 18.2 Å². The van der Waals surface area contributed by atoms with Crippen LogP contribution in [0.25, 0.3) is 0 Å². The number of benzene rings is 1. The first-order valence-electron chi connectivity index (χ1n) is 10.1. The normalized spacial score (nSPS) is 16.0. The Morgan fingerprint density at radius 3 is 2.03 bits per heavy atom. The van der Waals surface area contributed by atoms with Crippen molar-refractivity contribution in [2.24, 2.45) is 0 Å². The minimum atomic E-state index is -1.44. The number of methoxy groups -OCH3 is 1. The van der Waals surface area contributed by atoms with Crippen molar-refractivity contribution in [2.45, 2.75) is 64.8 Å². The van der Waals surface area contributed by atoms with Gasteiger partial charge in [-0.05, 0) is 47.1 Å². The van der Waals surface area contributed by atoms with Crippen LogP contribution in [0, 0.1) is 0 Å². The molecule has 0 aliphatic carbocycles. The summed E-state index contributed by atoms with van der Waals surface area (Å²) < 4.78 is 15.7. The van der Waals surface area contributed by atoms with E-state index in [2.05, 4.69) is 5.43 Å². The fourth-order valence-corrected chi connectivity index (χ4v) is 3.23. The molecule has 0 atom stereocenters. The maximum Gasteiger partial charge on any atom is 0.430 e. The molecule has 0 saturated carbocycles. The molecule has 1 saturated heterocycles. The summed E-state index contributed by atoms with van der Waals surface area (Å²) in [7, 11) is 1.24. The Morgan fingerprint density at radius 2 is 1.55 bits per heavy atom. The Bertz CT molecular complexity index is 792. The quantitative estimate of drug-likeness (QED) is 0.441. The fourth-order valence-electron chi connectivity index (χ4n) is 3.23. The number of esters is 1. The Hall–Kier alpha value is -2.81. The van der Waals surface area contributed by atoms with Gasteiger partial charge in [0.2, 0.25) is 0 Å². The van der Waals surface area contributed by atoms with E-state index < -0.39 is 34.9 Å². The van der Waals surface area contributed by atoms with Crippen molar-refractivity contribution in [1.29, 1.82) is 0 Å². The average molecular weight is 436 g/mol.